The van der Waals surface area contributed by atoms with E-state index in [0.717, 1.165) is 0 Å². The summed E-state index contributed by atoms with van der Waals surface area (Å²) in [5.41, 5.74) is 0.507. The lowest BCUT2D eigenvalue weighted by atomic mass is 9.99. The average molecular weight is 349 g/mol. The smallest absolute Gasteiger partial charge is 0.317 e. The van der Waals surface area contributed by atoms with Gasteiger partial charge in [0.05, 0.1) is 13.0 Å². The van der Waals surface area contributed by atoms with Crippen molar-refractivity contribution >= 4 is 17.9 Å². The summed E-state index contributed by atoms with van der Waals surface area (Å²) >= 11 is 0. The molecule has 25 heavy (non-hydrogen) atoms. The third-order valence-electron chi connectivity index (χ3n) is 4.10. The molecule has 2 rings (SSSR count). The summed E-state index contributed by atoms with van der Waals surface area (Å²) in [5.74, 6) is -0.940. The average Bonchev–Trinajstić information content (AvgIpc) is 2.65. The predicted octanol–water partition coefficient (Wildman–Crippen LogP) is 0.931. The van der Waals surface area contributed by atoms with E-state index in [-0.39, 0.29) is 31.6 Å². The first kappa shape index (κ1) is 18.6. The van der Waals surface area contributed by atoms with E-state index in [1.165, 1.54) is 4.90 Å². The molecule has 1 saturated heterocycles. The monoisotopic (exact) mass is 349 g/mol. The molecule has 136 valence electrons. The third-order valence-corrected chi connectivity index (χ3v) is 4.10. The Balaban J connectivity index is 1.70. The van der Waals surface area contributed by atoms with Crippen molar-refractivity contribution in [2.75, 3.05) is 33.3 Å². The van der Waals surface area contributed by atoms with Gasteiger partial charge in [0.1, 0.15) is 5.75 Å². The Morgan fingerprint density at radius 3 is 2.52 bits per heavy atom. The molecule has 3 N–H and O–H groups in total. The molecular weight excluding hydrogens is 326 g/mol. The molecule has 1 aliphatic heterocycles. The Morgan fingerprint density at radius 2 is 1.88 bits per heavy atom. The lowest BCUT2D eigenvalue weighted by Crippen LogP contribution is -2.48. The number of rotatable bonds is 6. The van der Waals surface area contributed by atoms with Crippen molar-refractivity contribution in [1.29, 1.82) is 0 Å². The van der Waals surface area contributed by atoms with E-state index in [1.807, 2.05) is 0 Å². The number of likely N-dealkylation sites (tertiary alicyclic amines) is 1. The molecule has 0 aromatic heterocycles. The van der Waals surface area contributed by atoms with Gasteiger partial charge in [-0.25, -0.2) is 4.79 Å². The van der Waals surface area contributed by atoms with Crippen LogP contribution in [-0.2, 0) is 4.79 Å². The molecule has 0 spiro atoms. The standard InChI is InChI=1S/C17H23N3O5/c1-25-14-6-4-12(5-7-14)15(21)18-8-9-19-17(24)20-10-2-3-13(11-20)16(22)23/h4-7,13H,2-3,8-11H2,1H3,(H,18,21)(H,19,24)(H,22,23). The van der Waals surface area contributed by atoms with Crippen LogP contribution in [0, 0.1) is 5.92 Å². The lowest BCUT2D eigenvalue weighted by Gasteiger charge is -2.30. The summed E-state index contributed by atoms with van der Waals surface area (Å²) in [6.45, 7) is 1.33. The van der Waals surface area contributed by atoms with Gasteiger partial charge in [0.15, 0.2) is 0 Å². The quantitative estimate of drug-likeness (QED) is 0.662. The van der Waals surface area contributed by atoms with Gasteiger partial charge in [-0.3, -0.25) is 9.59 Å². The molecule has 3 amide bonds. The molecule has 1 aromatic carbocycles. The van der Waals surface area contributed by atoms with E-state index < -0.39 is 11.9 Å². The minimum absolute atomic E-state index is 0.222. The van der Waals surface area contributed by atoms with Crippen molar-refractivity contribution in [3.8, 4) is 5.75 Å². The number of aliphatic carboxylic acids is 1. The second-order valence-electron chi connectivity index (χ2n) is 5.84. The fourth-order valence-corrected chi connectivity index (χ4v) is 2.66. The van der Waals surface area contributed by atoms with Crippen LogP contribution in [0.4, 0.5) is 4.79 Å². The predicted molar refractivity (Wildman–Crippen MR) is 90.7 cm³/mol. The van der Waals surface area contributed by atoms with Gasteiger partial charge in [-0.1, -0.05) is 0 Å². The molecule has 0 saturated carbocycles. The number of carboxylic acid groups (broad SMARTS) is 1. The normalized spacial score (nSPS) is 16.8. The highest BCUT2D eigenvalue weighted by Crippen LogP contribution is 2.16. The molecular formula is C17H23N3O5. The van der Waals surface area contributed by atoms with Crippen LogP contribution < -0.4 is 15.4 Å². The van der Waals surface area contributed by atoms with Crippen molar-refractivity contribution in [1.82, 2.24) is 15.5 Å². The number of carboxylic acids is 1. The summed E-state index contributed by atoms with van der Waals surface area (Å²) in [6.07, 6.45) is 1.27. The Bertz CT molecular complexity index is 617. The SMILES string of the molecule is COc1ccc(C(=O)NCCNC(=O)N2CCCC(C(=O)O)C2)cc1. The number of hydrogen-bond donors (Lipinski definition) is 3. The number of methoxy groups -OCH3 is 1. The summed E-state index contributed by atoms with van der Waals surface area (Å²) in [4.78, 5) is 36.5. The second kappa shape index (κ2) is 8.91. The van der Waals surface area contributed by atoms with E-state index in [4.69, 9.17) is 9.84 Å². The number of ether oxygens (including phenoxy) is 1. The van der Waals surface area contributed by atoms with Crippen LogP contribution in [0.3, 0.4) is 0 Å². The number of amides is 3. The van der Waals surface area contributed by atoms with Gasteiger partial charge in [0, 0.05) is 31.7 Å². The van der Waals surface area contributed by atoms with Gasteiger partial charge in [0.25, 0.3) is 5.91 Å². The zero-order valence-electron chi connectivity index (χ0n) is 14.2. The Morgan fingerprint density at radius 1 is 1.20 bits per heavy atom. The first-order valence-electron chi connectivity index (χ1n) is 8.19. The van der Waals surface area contributed by atoms with Gasteiger partial charge in [-0.15, -0.1) is 0 Å². The fraction of sp³-hybridized carbons (Fsp3) is 0.471. The highest BCUT2D eigenvalue weighted by Gasteiger charge is 2.27. The molecule has 8 nitrogen and oxygen atoms in total. The van der Waals surface area contributed by atoms with E-state index in [0.29, 0.717) is 30.7 Å². The summed E-state index contributed by atoms with van der Waals surface area (Å²) in [6, 6.07) is 6.42. The maximum absolute atomic E-state index is 12.0. The number of nitrogens with one attached hydrogen (secondary N) is 2. The fourth-order valence-electron chi connectivity index (χ4n) is 2.66. The van der Waals surface area contributed by atoms with Crippen LogP contribution in [0.1, 0.15) is 23.2 Å². The number of urea groups is 1. The number of carbonyl (C=O) groups is 3. The Hall–Kier alpha value is -2.77. The third kappa shape index (κ3) is 5.37. The van der Waals surface area contributed by atoms with Crippen molar-refractivity contribution in [3.05, 3.63) is 29.8 Å². The number of piperidine rings is 1. The van der Waals surface area contributed by atoms with Crippen molar-refractivity contribution < 1.29 is 24.2 Å². The van der Waals surface area contributed by atoms with Gasteiger partial charge in [0.2, 0.25) is 0 Å². The summed E-state index contributed by atoms with van der Waals surface area (Å²) < 4.78 is 5.03. The van der Waals surface area contributed by atoms with Crippen LogP contribution in [0.25, 0.3) is 0 Å². The first-order chi connectivity index (χ1) is 12.0. The molecule has 1 fully saturated rings. The van der Waals surface area contributed by atoms with Crippen LogP contribution >= 0.6 is 0 Å². The molecule has 0 bridgehead atoms. The van der Waals surface area contributed by atoms with Gasteiger partial charge < -0.3 is 25.4 Å². The number of nitrogens with zero attached hydrogens (tertiary/aromatic N) is 1. The minimum Gasteiger partial charge on any atom is -0.497 e. The molecule has 1 aromatic rings. The summed E-state index contributed by atoms with van der Waals surface area (Å²) in [5, 5.41) is 14.5. The molecule has 1 atom stereocenters. The van der Waals surface area contributed by atoms with E-state index in [9.17, 15) is 14.4 Å². The lowest BCUT2D eigenvalue weighted by molar-refractivity contribution is -0.143. The maximum Gasteiger partial charge on any atom is 0.317 e. The number of benzene rings is 1. The number of hydrogen-bond acceptors (Lipinski definition) is 4. The Labute approximate surface area is 146 Å². The summed E-state index contributed by atoms with van der Waals surface area (Å²) in [7, 11) is 1.55. The minimum atomic E-state index is -0.871. The first-order valence-corrected chi connectivity index (χ1v) is 8.19. The van der Waals surface area contributed by atoms with Gasteiger partial charge >= 0.3 is 12.0 Å². The molecule has 1 aliphatic rings. The Kier molecular flexibility index (Phi) is 6.62. The molecule has 0 aliphatic carbocycles. The van der Waals surface area contributed by atoms with E-state index in [1.54, 1.807) is 31.4 Å². The van der Waals surface area contributed by atoms with Crippen molar-refractivity contribution in [3.63, 3.8) is 0 Å². The second-order valence-corrected chi connectivity index (χ2v) is 5.84. The highest BCUT2D eigenvalue weighted by molar-refractivity contribution is 5.94. The topological polar surface area (TPSA) is 108 Å². The van der Waals surface area contributed by atoms with Gasteiger partial charge in [-0.2, -0.15) is 0 Å². The maximum atomic E-state index is 12.0. The van der Waals surface area contributed by atoms with E-state index in [2.05, 4.69) is 10.6 Å². The van der Waals surface area contributed by atoms with Gasteiger partial charge in [-0.05, 0) is 37.1 Å². The molecule has 0 radical (unpaired) electrons. The molecule has 8 heteroatoms. The van der Waals surface area contributed by atoms with Crippen molar-refractivity contribution in [2.24, 2.45) is 5.92 Å². The largest absolute Gasteiger partial charge is 0.497 e. The van der Waals surface area contributed by atoms with Crippen LogP contribution in [0.5, 0.6) is 5.75 Å². The molecule has 1 heterocycles. The van der Waals surface area contributed by atoms with Crippen LogP contribution in [-0.4, -0.2) is 61.2 Å². The zero-order chi connectivity index (χ0) is 18.2. The van der Waals surface area contributed by atoms with Crippen LogP contribution in [0.2, 0.25) is 0 Å². The zero-order valence-corrected chi connectivity index (χ0v) is 14.2. The van der Waals surface area contributed by atoms with E-state index >= 15 is 0 Å². The molecule has 1 unspecified atom stereocenters. The highest BCUT2D eigenvalue weighted by atomic mass is 16.5. The van der Waals surface area contributed by atoms with Crippen LogP contribution in [0.15, 0.2) is 24.3 Å². The van der Waals surface area contributed by atoms with Crippen molar-refractivity contribution in [2.45, 2.75) is 12.8 Å². The number of carbonyl (C=O) groups excluding carboxylic acids is 2.